The van der Waals surface area contributed by atoms with Crippen molar-refractivity contribution < 1.29 is 29.3 Å². The maximum atomic E-state index is 12.8. The lowest BCUT2D eigenvalue weighted by Gasteiger charge is -2.60. The lowest BCUT2D eigenvalue weighted by molar-refractivity contribution is -0.177. The van der Waals surface area contributed by atoms with Crippen LogP contribution in [0.15, 0.2) is 56.9 Å². The minimum absolute atomic E-state index is 0.0345. The first-order valence-electron chi connectivity index (χ1n) is 20.3. The van der Waals surface area contributed by atoms with Crippen LogP contribution in [-0.2, 0) is 25.7 Å². The van der Waals surface area contributed by atoms with Crippen molar-refractivity contribution in [2.75, 3.05) is 6.61 Å². The number of carbonyl (C=O) groups excluding carboxylic acids is 2. The lowest BCUT2D eigenvalue weighted by Crippen LogP contribution is -2.59. The van der Waals surface area contributed by atoms with Crippen molar-refractivity contribution in [3.8, 4) is 0 Å². The zero-order valence-corrected chi connectivity index (χ0v) is 34.6. The summed E-state index contributed by atoms with van der Waals surface area (Å²) in [5, 5.41) is 29.7. The van der Waals surface area contributed by atoms with Gasteiger partial charge in [0.25, 0.3) is 5.56 Å². The lowest BCUT2D eigenvalue weighted by atomic mass is 9.45. The van der Waals surface area contributed by atoms with E-state index in [1.54, 1.807) is 24.7 Å². The van der Waals surface area contributed by atoms with Crippen molar-refractivity contribution in [1.82, 2.24) is 24.5 Å². The Bertz CT molecular complexity index is 1950. The van der Waals surface area contributed by atoms with Gasteiger partial charge < -0.3 is 19.7 Å². The summed E-state index contributed by atoms with van der Waals surface area (Å²) in [6.45, 7) is 15.8. The van der Waals surface area contributed by atoms with Crippen molar-refractivity contribution in [2.24, 2.45) is 22.7 Å². The second-order valence-corrected chi connectivity index (χ2v) is 17.7. The van der Waals surface area contributed by atoms with Gasteiger partial charge in [-0.05, 0) is 110 Å². The number of fused-ring (bicyclic) bond motifs is 1. The summed E-state index contributed by atoms with van der Waals surface area (Å²) in [7, 11) is 0. The minimum atomic E-state index is -0.713. The fraction of sp³-hybridized carbons (Fsp3) is 0.674. The van der Waals surface area contributed by atoms with E-state index in [4.69, 9.17) is 9.47 Å². The van der Waals surface area contributed by atoms with Gasteiger partial charge >= 0.3 is 11.7 Å². The molecule has 0 bridgehead atoms. The van der Waals surface area contributed by atoms with Crippen LogP contribution in [0.25, 0.3) is 0 Å². The Morgan fingerprint density at radius 1 is 1.02 bits per heavy atom. The number of nitrogens with zero attached hydrogens (tertiary/aromatic N) is 4. The normalized spacial score (nSPS) is 29.7. The predicted octanol–water partition coefficient (Wildman–Crippen LogP) is 6.35. The molecule has 2 aromatic heterocycles. The number of ether oxygens (including phenoxy) is 2. The molecule has 3 fully saturated rings. The van der Waals surface area contributed by atoms with E-state index >= 15 is 0 Å². The Kier molecular flexibility index (Phi) is 13.6. The molecule has 56 heavy (non-hydrogen) atoms. The minimum Gasteiger partial charge on any atom is -0.456 e. The number of nitrogens with one attached hydrogen (secondary N) is 1. The van der Waals surface area contributed by atoms with Gasteiger partial charge in [-0.1, -0.05) is 55.4 Å². The molecule has 0 spiro atoms. The standard InChI is InChI=1S/C43H63N5O8/c1-27(12-9-13-28(2)15-11-17-35-42(7)20-19-36(50)41(5,6)34(42)18-21-43(35,8)54)14-10-16-29(3)39(52)55-26-31-24-48(46-45-31)32-22-37(56-33(32)25-49)47-23-30(4)38(51)44-40(47)53/h12,15-16,23-24,32-35,37,49,54H,9-11,13-14,17-22,25-26H2,1-8H3,(H,44,51,53)/b27-12+,28-15+,29-16+/t32-,33+,34-,35-,37+,42+,43-/m1/s1. The molecule has 0 radical (unpaired) electrons. The number of hydrogen-bond acceptors (Lipinski definition) is 10. The zero-order chi connectivity index (χ0) is 41.0. The monoisotopic (exact) mass is 777 g/mol. The molecule has 0 aromatic carbocycles. The number of carbonyl (C=O) groups is 2. The summed E-state index contributed by atoms with van der Waals surface area (Å²) in [6, 6.07) is -0.431. The molecular weight excluding hydrogens is 715 g/mol. The highest BCUT2D eigenvalue weighted by Gasteiger charge is 2.59. The van der Waals surface area contributed by atoms with Crippen LogP contribution in [-0.4, -0.2) is 64.8 Å². The van der Waals surface area contributed by atoms with Crippen LogP contribution < -0.4 is 11.2 Å². The van der Waals surface area contributed by atoms with Gasteiger partial charge in [-0.25, -0.2) is 14.3 Å². The van der Waals surface area contributed by atoms with Crippen LogP contribution >= 0.6 is 0 Å². The third-order valence-corrected chi connectivity index (χ3v) is 13.1. The van der Waals surface area contributed by atoms with Crippen molar-refractivity contribution in [1.29, 1.82) is 0 Å². The van der Waals surface area contributed by atoms with Crippen LogP contribution in [0.2, 0.25) is 0 Å². The molecule has 13 heteroatoms. The molecule has 0 amide bonds. The van der Waals surface area contributed by atoms with E-state index in [2.05, 4.69) is 62.1 Å². The van der Waals surface area contributed by atoms with Gasteiger partial charge in [0.05, 0.1) is 24.4 Å². The van der Waals surface area contributed by atoms with Gasteiger partial charge in [0.2, 0.25) is 0 Å². The van der Waals surface area contributed by atoms with E-state index < -0.39 is 41.2 Å². The smallest absolute Gasteiger partial charge is 0.333 e. The Labute approximate surface area is 330 Å². The molecular formula is C43H63N5O8. The molecule has 1 saturated heterocycles. The van der Waals surface area contributed by atoms with E-state index in [0.29, 0.717) is 47.8 Å². The third-order valence-electron chi connectivity index (χ3n) is 13.1. The van der Waals surface area contributed by atoms with Gasteiger partial charge in [-0.15, -0.1) is 5.10 Å². The van der Waals surface area contributed by atoms with E-state index in [0.717, 1.165) is 51.4 Å². The molecule has 3 heterocycles. The molecule has 2 aromatic rings. The Hall–Kier alpha value is -3.94. The van der Waals surface area contributed by atoms with Crippen LogP contribution in [0.4, 0.5) is 0 Å². The fourth-order valence-corrected chi connectivity index (χ4v) is 9.74. The number of aliphatic hydroxyl groups excluding tert-OH is 1. The second kappa shape index (κ2) is 17.7. The Morgan fingerprint density at radius 2 is 1.70 bits per heavy atom. The number of allylic oxidation sites excluding steroid dienone is 5. The van der Waals surface area contributed by atoms with Gasteiger partial charge in [0.1, 0.15) is 30.4 Å². The van der Waals surface area contributed by atoms with Crippen molar-refractivity contribution in [3.63, 3.8) is 0 Å². The number of Topliss-reactive ketones (excluding diaryl/α,β-unsaturated/α-hetero) is 1. The summed E-state index contributed by atoms with van der Waals surface area (Å²) >= 11 is 0. The van der Waals surface area contributed by atoms with E-state index in [-0.39, 0.29) is 30.0 Å². The van der Waals surface area contributed by atoms with E-state index in [1.807, 2.05) is 13.0 Å². The number of aromatic nitrogens is 5. The van der Waals surface area contributed by atoms with Crippen molar-refractivity contribution in [2.45, 2.75) is 157 Å². The zero-order valence-electron chi connectivity index (χ0n) is 34.6. The average Bonchev–Trinajstić information content (AvgIpc) is 3.79. The number of esters is 1. The van der Waals surface area contributed by atoms with Crippen LogP contribution in [0, 0.1) is 29.6 Å². The average molecular weight is 778 g/mol. The number of hydrogen-bond donors (Lipinski definition) is 3. The number of aliphatic hydroxyl groups is 2. The van der Waals surface area contributed by atoms with E-state index in [9.17, 15) is 29.4 Å². The first-order valence-corrected chi connectivity index (χ1v) is 20.3. The number of aryl methyl sites for hydroxylation is 1. The van der Waals surface area contributed by atoms with Crippen molar-refractivity contribution >= 4 is 11.8 Å². The second-order valence-electron chi connectivity index (χ2n) is 17.7. The fourth-order valence-electron chi connectivity index (χ4n) is 9.74. The highest BCUT2D eigenvalue weighted by Crippen LogP contribution is 2.62. The predicted molar refractivity (Wildman–Crippen MR) is 212 cm³/mol. The number of H-pyrrole nitrogens is 1. The molecule has 308 valence electrons. The first-order chi connectivity index (χ1) is 26.4. The molecule has 3 aliphatic rings. The van der Waals surface area contributed by atoms with Crippen LogP contribution in [0.3, 0.4) is 0 Å². The van der Waals surface area contributed by atoms with Gasteiger partial charge in [-0.3, -0.25) is 19.1 Å². The van der Waals surface area contributed by atoms with Crippen LogP contribution in [0.5, 0.6) is 0 Å². The molecule has 7 atom stereocenters. The molecule has 3 N–H and O–H groups in total. The van der Waals surface area contributed by atoms with Gasteiger partial charge in [0.15, 0.2) is 0 Å². The number of rotatable bonds is 15. The molecule has 2 saturated carbocycles. The third kappa shape index (κ3) is 9.59. The maximum Gasteiger partial charge on any atom is 0.333 e. The highest BCUT2D eigenvalue weighted by atomic mass is 16.5. The maximum absolute atomic E-state index is 12.8. The summed E-state index contributed by atoms with van der Waals surface area (Å²) < 4.78 is 14.3. The Morgan fingerprint density at radius 3 is 2.39 bits per heavy atom. The Balaban J connectivity index is 1.04. The first kappa shape index (κ1) is 43.2. The molecule has 13 nitrogen and oxygen atoms in total. The molecule has 2 aliphatic carbocycles. The topological polar surface area (TPSA) is 179 Å². The summed E-state index contributed by atoms with van der Waals surface area (Å²) in [5.74, 6) is 0.409. The summed E-state index contributed by atoms with van der Waals surface area (Å²) in [5.41, 5.74) is 1.78. The number of ketones is 1. The molecule has 0 unspecified atom stereocenters. The van der Waals surface area contributed by atoms with Gasteiger partial charge in [-0.2, -0.15) is 0 Å². The summed E-state index contributed by atoms with van der Waals surface area (Å²) in [4.78, 5) is 52.0. The largest absolute Gasteiger partial charge is 0.456 e. The van der Waals surface area contributed by atoms with Gasteiger partial charge in [0, 0.05) is 35.6 Å². The van der Waals surface area contributed by atoms with Crippen LogP contribution in [0.1, 0.15) is 143 Å². The summed E-state index contributed by atoms with van der Waals surface area (Å²) in [6.07, 6.45) is 16.9. The molecule has 5 rings (SSSR count). The van der Waals surface area contributed by atoms with E-state index in [1.165, 1.54) is 21.9 Å². The molecule has 1 aliphatic heterocycles. The highest BCUT2D eigenvalue weighted by molar-refractivity contribution is 5.87. The SMILES string of the molecule is C/C(=C\CC/C(C)=C/CC[C@@H]1[C@@]2(C)CCC(=O)C(C)(C)[C@H]2CC[C@@]1(C)O)CC/C=C(\C)C(=O)OCc1cn([C@@H]2C[C@@H](n3cc(C)c(=O)[nH]c3=O)O[C@H]2CO)nn1. The number of aromatic amines is 1. The van der Waals surface area contributed by atoms with Crippen molar-refractivity contribution in [3.05, 3.63) is 79.4 Å². The quantitative estimate of drug-likeness (QED) is 0.105.